The van der Waals surface area contributed by atoms with Crippen molar-refractivity contribution < 1.29 is 4.74 Å². The lowest BCUT2D eigenvalue weighted by molar-refractivity contribution is 0.215. The standard InChI is InChI=1S/C23H36N4O/c1-17-6-9-20(23(12-17)28-5)16-26(3)15-18-7-10-19(11-8-18)22-13-21(14-24-2)27(4)25-22/h6,9,12-13,18-19,24H,7-8,10-11,14-16H2,1-5H3. The van der Waals surface area contributed by atoms with Gasteiger partial charge in [-0.25, -0.2) is 0 Å². The van der Waals surface area contributed by atoms with Crippen LogP contribution in [-0.2, 0) is 20.1 Å². The van der Waals surface area contributed by atoms with Gasteiger partial charge in [0.1, 0.15) is 5.75 Å². The molecule has 0 amide bonds. The molecular formula is C23H36N4O. The molecule has 154 valence electrons. The van der Waals surface area contributed by atoms with E-state index in [1.807, 2.05) is 11.7 Å². The minimum atomic E-state index is 0.621. The van der Waals surface area contributed by atoms with E-state index >= 15 is 0 Å². The summed E-state index contributed by atoms with van der Waals surface area (Å²) in [6.07, 6.45) is 5.08. The Morgan fingerprint density at radius 1 is 1.21 bits per heavy atom. The van der Waals surface area contributed by atoms with E-state index < -0.39 is 0 Å². The highest BCUT2D eigenvalue weighted by Gasteiger charge is 2.25. The van der Waals surface area contributed by atoms with E-state index in [1.54, 1.807) is 7.11 Å². The van der Waals surface area contributed by atoms with Crippen molar-refractivity contribution in [1.29, 1.82) is 0 Å². The Hall–Kier alpha value is -1.85. The van der Waals surface area contributed by atoms with Gasteiger partial charge < -0.3 is 15.0 Å². The zero-order valence-electron chi connectivity index (χ0n) is 18.2. The zero-order valence-corrected chi connectivity index (χ0v) is 18.2. The van der Waals surface area contributed by atoms with Crippen molar-refractivity contribution in [3.05, 3.63) is 46.8 Å². The van der Waals surface area contributed by atoms with Crippen molar-refractivity contribution in [1.82, 2.24) is 20.0 Å². The van der Waals surface area contributed by atoms with Gasteiger partial charge in [0.25, 0.3) is 0 Å². The highest BCUT2D eigenvalue weighted by molar-refractivity contribution is 5.37. The maximum atomic E-state index is 5.57. The number of nitrogens with one attached hydrogen (secondary N) is 1. The molecule has 1 aliphatic carbocycles. The molecule has 3 rings (SSSR count). The van der Waals surface area contributed by atoms with Crippen LogP contribution in [0.4, 0.5) is 0 Å². The number of methoxy groups -OCH3 is 1. The van der Waals surface area contributed by atoms with Gasteiger partial charge in [-0.15, -0.1) is 0 Å². The van der Waals surface area contributed by atoms with Crippen LogP contribution in [0.25, 0.3) is 0 Å². The quantitative estimate of drug-likeness (QED) is 0.750. The minimum absolute atomic E-state index is 0.621. The van der Waals surface area contributed by atoms with Crippen LogP contribution in [0.1, 0.15) is 54.1 Å². The highest BCUT2D eigenvalue weighted by atomic mass is 16.5. The van der Waals surface area contributed by atoms with Crippen molar-refractivity contribution >= 4 is 0 Å². The lowest BCUT2D eigenvalue weighted by atomic mass is 9.80. The first-order valence-corrected chi connectivity index (χ1v) is 10.5. The molecule has 0 saturated heterocycles. The molecule has 2 aromatic rings. The largest absolute Gasteiger partial charge is 0.496 e. The van der Waals surface area contributed by atoms with Crippen molar-refractivity contribution in [3.8, 4) is 5.75 Å². The predicted molar refractivity (Wildman–Crippen MR) is 115 cm³/mol. The molecule has 0 aliphatic heterocycles. The van der Waals surface area contributed by atoms with Gasteiger partial charge in [-0.2, -0.15) is 5.10 Å². The first-order chi connectivity index (χ1) is 13.5. The first kappa shape index (κ1) is 20.9. The number of rotatable bonds is 8. The van der Waals surface area contributed by atoms with Crippen LogP contribution in [-0.4, -0.2) is 42.4 Å². The second-order valence-corrected chi connectivity index (χ2v) is 8.44. The maximum absolute atomic E-state index is 5.57. The van der Waals surface area contributed by atoms with E-state index in [4.69, 9.17) is 9.84 Å². The van der Waals surface area contributed by atoms with E-state index in [2.05, 4.69) is 55.5 Å². The Morgan fingerprint density at radius 2 is 1.96 bits per heavy atom. The Bertz CT molecular complexity index is 762. The summed E-state index contributed by atoms with van der Waals surface area (Å²) in [5.74, 6) is 2.40. The predicted octanol–water partition coefficient (Wildman–Crippen LogP) is 3.86. The van der Waals surface area contributed by atoms with Crippen molar-refractivity contribution in [2.24, 2.45) is 13.0 Å². The molecule has 0 radical (unpaired) electrons. The Balaban J connectivity index is 1.51. The van der Waals surface area contributed by atoms with Gasteiger partial charge in [0, 0.05) is 38.2 Å². The van der Waals surface area contributed by atoms with E-state index in [1.165, 1.54) is 48.2 Å². The molecule has 1 N–H and O–H groups in total. The molecule has 0 bridgehead atoms. The minimum Gasteiger partial charge on any atom is -0.496 e. The van der Waals surface area contributed by atoms with Gasteiger partial charge in [0.2, 0.25) is 0 Å². The maximum Gasteiger partial charge on any atom is 0.123 e. The van der Waals surface area contributed by atoms with Crippen LogP contribution in [0, 0.1) is 12.8 Å². The molecule has 1 saturated carbocycles. The smallest absolute Gasteiger partial charge is 0.123 e. The Labute approximate surface area is 170 Å². The number of hydrogen-bond donors (Lipinski definition) is 1. The van der Waals surface area contributed by atoms with E-state index in [9.17, 15) is 0 Å². The van der Waals surface area contributed by atoms with Gasteiger partial charge in [-0.1, -0.05) is 12.1 Å². The Morgan fingerprint density at radius 3 is 2.64 bits per heavy atom. The van der Waals surface area contributed by atoms with Gasteiger partial charge in [-0.3, -0.25) is 4.68 Å². The summed E-state index contributed by atoms with van der Waals surface area (Å²) >= 11 is 0. The fourth-order valence-corrected chi connectivity index (χ4v) is 4.50. The van der Waals surface area contributed by atoms with Crippen LogP contribution in [0.2, 0.25) is 0 Å². The zero-order chi connectivity index (χ0) is 20.1. The van der Waals surface area contributed by atoms with Crippen molar-refractivity contribution in [2.75, 3.05) is 27.7 Å². The molecule has 0 unspecified atom stereocenters. The van der Waals surface area contributed by atoms with Crippen molar-refractivity contribution in [3.63, 3.8) is 0 Å². The summed E-state index contributed by atoms with van der Waals surface area (Å²) in [5.41, 5.74) is 5.07. The molecule has 0 atom stereocenters. The molecule has 1 aliphatic rings. The average Bonchev–Trinajstić information content (AvgIpc) is 3.04. The fraction of sp³-hybridized carbons (Fsp3) is 0.609. The number of hydrogen-bond acceptors (Lipinski definition) is 4. The number of aromatic nitrogens is 2. The van der Waals surface area contributed by atoms with Crippen LogP contribution in [0.15, 0.2) is 24.3 Å². The third kappa shape index (κ3) is 5.15. The van der Waals surface area contributed by atoms with Crippen molar-refractivity contribution in [2.45, 2.75) is 51.6 Å². The lowest BCUT2D eigenvalue weighted by Gasteiger charge is -2.31. The first-order valence-electron chi connectivity index (χ1n) is 10.5. The van der Waals surface area contributed by atoms with E-state index in [0.29, 0.717) is 5.92 Å². The third-order valence-electron chi connectivity index (χ3n) is 6.07. The highest BCUT2D eigenvalue weighted by Crippen LogP contribution is 2.36. The molecule has 1 aromatic heterocycles. The molecule has 1 heterocycles. The number of aryl methyl sites for hydroxylation is 2. The summed E-state index contributed by atoms with van der Waals surface area (Å²) in [5, 5.41) is 8.00. The molecular weight excluding hydrogens is 348 g/mol. The van der Waals surface area contributed by atoms with Crippen LogP contribution >= 0.6 is 0 Å². The second kappa shape index (κ2) is 9.57. The molecule has 5 nitrogen and oxygen atoms in total. The normalized spacial score (nSPS) is 19.9. The van der Waals surface area contributed by atoms with Gasteiger partial charge in [0.05, 0.1) is 18.5 Å². The molecule has 1 aromatic carbocycles. The topological polar surface area (TPSA) is 42.3 Å². The molecule has 1 fully saturated rings. The van der Waals surface area contributed by atoms with Crippen LogP contribution in [0.5, 0.6) is 5.75 Å². The number of benzene rings is 1. The molecule has 28 heavy (non-hydrogen) atoms. The molecule has 0 spiro atoms. The summed E-state index contributed by atoms with van der Waals surface area (Å²) in [7, 11) is 8.03. The third-order valence-corrected chi connectivity index (χ3v) is 6.07. The summed E-state index contributed by atoms with van der Waals surface area (Å²) in [6.45, 7) is 5.08. The average molecular weight is 385 g/mol. The SMILES string of the molecule is CNCc1cc(C2CCC(CN(C)Cc3ccc(C)cc3OC)CC2)nn1C. The lowest BCUT2D eigenvalue weighted by Crippen LogP contribution is -2.28. The summed E-state index contributed by atoms with van der Waals surface area (Å²) in [6, 6.07) is 8.79. The van der Waals surface area contributed by atoms with Gasteiger partial charge in [0.15, 0.2) is 0 Å². The number of nitrogens with zero attached hydrogens (tertiary/aromatic N) is 3. The monoisotopic (exact) mass is 384 g/mol. The number of ether oxygens (including phenoxy) is 1. The van der Waals surface area contributed by atoms with Crippen LogP contribution in [0.3, 0.4) is 0 Å². The van der Waals surface area contributed by atoms with Gasteiger partial charge in [-0.05, 0) is 70.3 Å². The second-order valence-electron chi connectivity index (χ2n) is 8.44. The Kier molecular flexibility index (Phi) is 7.13. The van der Waals surface area contributed by atoms with E-state index in [0.717, 1.165) is 31.3 Å². The summed E-state index contributed by atoms with van der Waals surface area (Å²) < 4.78 is 7.60. The van der Waals surface area contributed by atoms with Gasteiger partial charge >= 0.3 is 0 Å². The van der Waals surface area contributed by atoms with E-state index in [-0.39, 0.29) is 0 Å². The summed E-state index contributed by atoms with van der Waals surface area (Å²) in [4.78, 5) is 2.45. The van der Waals surface area contributed by atoms with Crippen LogP contribution < -0.4 is 10.1 Å². The fourth-order valence-electron chi connectivity index (χ4n) is 4.50. The molecule has 5 heteroatoms.